The van der Waals surface area contributed by atoms with Gasteiger partial charge in [-0.3, -0.25) is 10.0 Å². The van der Waals surface area contributed by atoms with Crippen molar-refractivity contribution in [1.29, 1.82) is 0 Å². The monoisotopic (exact) mass is 163 g/mol. The van der Waals surface area contributed by atoms with Crippen LogP contribution in [0.25, 0.3) is 0 Å². The lowest BCUT2D eigenvalue weighted by Gasteiger charge is -2.13. The third-order valence-corrected chi connectivity index (χ3v) is 1.23. The van der Waals surface area contributed by atoms with E-state index in [2.05, 4.69) is 5.43 Å². The smallest absolute Gasteiger partial charge is 0.320 e. The lowest BCUT2D eigenvalue weighted by Crippen LogP contribution is -2.38. The normalized spacial score (nSPS) is 13.5. The van der Waals surface area contributed by atoms with Crippen LogP contribution in [0.4, 0.5) is 0 Å². The van der Waals surface area contributed by atoms with Crippen molar-refractivity contribution in [2.45, 2.75) is 12.5 Å². The predicted octanol–water partition coefficient (Wildman–Crippen LogP) is -1.39. The molecule has 0 aliphatic heterocycles. The van der Waals surface area contributed by atoms with Crippen molar-refractivity contribution in [1.82, 2.24) is 10.6 Å². The van der Waals surface area contributed by atoms with Crippen molar-refractivity contribution in [3.63, 3.8) is 0 Å². The van der Waals surface area contributed by atoms with E-state index in [0.717, 1.165) is 5.17 Å². The van der Waals surface area contributed by atoms with Crippen LogP contribution in [0.3, 0.4) is 0 Å². The Labute approximate surface area is 64.5 Å². The average Bonchev–Trinajstić information content (AvgIpc) is 1.99. The highest BCUT2D eigenvalue weighted by atomic mass is 16.5. The number of hydrazine groups is 1. The maximum absolute atomic E-state index is 10.2. The summed E-state index contributed by atoms with van der Waals surface area (Å²) in [6.45, 7) is 0.184. The summed E-state index contributed by atoms with van der Waals surface area (Å²) in [6, 6.07) is -0.919. The van der Waals surface area contributed by atoms with Gasteiger partial charge in [-0.1, -0.05) is 0 Å². The van der Waals surface area contributed by atoms with Crippen molar-refractivity contribution in [3.05, 3.63) is 0 Å². The van der Waals surface area contributed by atoms with Crippen molar-refractivity contribution in [2.75, 3.05) is 13.6 Å². The molecular formula is C5H13N3O3. The summed E-state index contributed by atoms with van der Waals surface area (Å²) in [5, 5.41) is 17.9. The molecule has 0 fully saturated rings. The molecule has 0 amide bonds. The molecule has 0 aliphatic carbocycles. The molecule has 11 heavy (non-hydrogen) atoms. The Hall–Kier alpha value is -0.690. The van der Waals surface area contributed by atoms with Gasteiger partial charge in [0.05, 0.1) is 0 Å². The molecule has 5 N–H and O–H groups in total. The second-order valence-electron chi connectivity index (χ2n) is 2.08. The van der Waals surface area contributed by atoms with Crippen LogP contribution >= 0.6 is 0 Å². The van der Waals surface area contributed by atoms with E-state index in [4.69, 9.17) is 16.0 Å². The van der Waals surface area contributed by atoms with Gasteiger partial charge in [-0.2, -0.15) is 0 Å². The van der Waals surface area contributed by atoms with Gasteiger partial charge in [-0.05, 0) is 6.42 Å². The molecule has 0 rings (SSSR count). The van der Waals surface area contributed by atoms with Crippen LogP contribution in [0, 0.1) is 0 Å². The fraction of sp³-hybridized carbons (Fsp3) is 0.800. The molecule has 0 aromatic carbocycles. The summed E-state index contributed by atoms with van der Waals surface area (Å²) < 4.78 is 0. The largest absolute Gasteiger partial charge is 0.480 e. The highest BCUT2D eigenvalue weighted by Crippen LogP contribution is 1.88. The molecule has 0 aliphatic rings. The quantitative estimate of drug-likeness (QED) is 0.373. The average molecular weight is 163 g/mol. The molecule has 0 spiro atoms. The Bertz CT molecular complexity index is 130. The van der Waals surface area contributed by atoms with Crippen LogP contribution in [0.2, 0.25) is 0 Å². The maximum atomic E-state index is 10.2. The molecule has 1 unspecified atom stereocenters. The molecule has 0 aromatic rings. The number of carboxylic acid groups (broad SMARTS) is 1. The first-order valence-corrected chi connectivity index (χ1v) is 3.20. The molecule has 1 atom stereocenters. The van der Waals surface area contributed by atoms with Crippen LogP contribution in [0.1, 0.15) is 6.42 Å². The maximum Gasteiger partial charge on any atom is 0.320 e. The zero-order valence-electron chi connectivity index (χ0n) is 6.32. The molecule has 66 valence electrons. The first kappa shape index (κ1) is 10.3. The molecule has 0 saturated heterocycles. The summed E-state index contributed by atoms with van der Waals surface area (Å²) in [7, 11) is 1.52. The van der Waals surface area contributed by atoms with Crippen LogP contribution < -0.4 is 11.2 Å². The van der Waals surface area contributed by atoms with E-state index in [9.17, 15) is 4.79 Å². The van der Waals surface area contributed by atoms with Gasteiger partial charge in [0.15, 0.2) is 0 Å². The van der Waals surface area contributed by atoms with E-state index in [-0.39, 0.29) is 13.0 Å². The molecule has 0 bridgehead atoms. The Morgan fingerprint density at radius 1 is 1.82 bits per heavy atom. The highest BCUT2D eigenvalue weighted by molar-refractivity contribution is 5.72. The van der Waals surface area contributed by atoms with Crippen molar-refractivity contribution in [3.8, 4) is 0 Å². The van der Waals surface area contributed by atoms with Crippen LogP contribution in [-0.4, -0.2) is 41.1 Å². The van der Waals surface area contributed by atoms with E-state index in [0.29, 0.717) is 0 Å². The second-order valence-corrected chi connectivity index (χ2v) is 2.08. The van der Waals surface area contributed by atoms with Gasteiger partial charge < -0.3 is 10.8 Å². The Morgan fingerprint density at radius 2 is 2.36 bits per heavy atom. The van der Waals surface area contributed by atoms with Gasteiger partial charge in [0.25, 0.3) is 0 Å². The highest BCUT2D eigenvalue weighted by Gasteiger charge is 2.11. The number of nitrogens with zero attached hydrogens (tertiary/aromatic N) is 1. The molecular weight excluding hydrogens is 150 g/mol. The molecule has 0 saturated carbocycles. The van der Waals surface area contributed by atoms with Crippen molar-refractivity contribution in [2.24, 2.45) is 5.73 Å². The third kappa shape index (κ3) is 4.68. The van der Waals surface area contributed by atoms with Crippen LogP contribution in [-0.2, 0) is 4.79 Å². The zero-order valence-corrected chi connectivity index (χ0v) is 6.32. The summed E-state index contributed by atoms with van der Waals surface area (Å²) in [5.41, 5.74) is 7.55. The number of nitrogens with two attached hydrogens (primary N) is 1. The Kier molecular flexibility index (Phi) is 4.71. The number of carbonyl (C=O) groups is 1. The molecule has 0 heterocycles. The number of carboxylic acids is 1. The first-order chi connectivity index (χ1) is 5.07. The topological polar surface area (TPSA) is 98.8 Å². The standard InChI is InChI=1S/C5H13N3O3/c1-7-8(11)3-2-4(6)5(9)10/h4,7,11H,2-3,6H2,1H3,(H,9,10). The Morgan fingerprint density at radius 3 is 2.73 bits per heavy atom. The molecule has 6 nitrogen and oxygen atoms in total. The minimum absolute atomic E-state index is 0.184. The fourth-order valence-electron chi connectivity index (χ4n) is 0.497. The summed E-state index contributed by atoms with van der Waals surface area (Å²) in [4.78, 5) is 10.2. The predicted molar refractivity (Wildman–Crippen MR) is 37.8 cm³/mol. The third-order valence-electron chi connectivity index (χ3n) is 1.23. The summed E-state index contributed by atoms with van der Waals surface area (Å²) in [5.74, 6) is -1.06. The van der Waals surface area contributed by atoms with E-state index < -0.39 is 12.0 Å². The number of nitrogens with one attached hydrogen (secondary N) is 1. The number of hydrogen-bond donors (Lipinski definition) is 4. The van der Waals surface area contributed by atoms with Crippen LogP contribution in [0.15, 0.2) is 0 Å². The van der Waals surface area contributed by atoms with E-state index >= 15 is 0 Å². The number of rotatable bonds is 5. The summed E-state index contributed by atoms with van der Waals surface area (Å²) in [6.07, 6.45) is 0.201. The lowest BCUT2D eigenvalue weighted by atomic mass is 10.2. The summed E-state index contributed by atoms with van der Waals surface area (Å²) >= 11 is 0. The number of aliphatic carboxylic acids is 1. The first-order valence-electron chi connectivity index (χ1n) is 3.20. The second kappa shape index (κ2) is 5.03. The van der Waals surface area contributed by atoms with Gasteiger partial charge >= 0.3 is 5.97 Å². The van der Waals surface area contributed by atoms with Gasteiger partial charge in [0.2, 0.25) is 0 Å². The molecule has 0 aromatic heterocycles. The minimum atomic E-state index is -1.06. The SMILES string of the molecule is CNN(O)CCC(N)C(=O)O. The van der Waals surface area contributed by atoms with Crippen molar-refractivity contribution >= 4 is 5.97 Å². The van der Waals surface area contributed by atoms with Gasteiger partial charge in [-0.15, -0.1) is 5.17 Å². The van der Waals surface area contributed by atoms with Crippen molar-refractivity contribution < 1.29 is 15.1 Å². The number of hydrogen-bond acceptors (Lipinski definition) is 5. The van der Waals surface area contributed by atoms with Gasteiger partial charge in [-0.25, -0.2) is 5.43 Å². The number of hydroxylamine groups is 1. The van der Waals surface area contributed by atoms with Crippen LogP contribution in [0.5, 0.6) is 0 Å². The van der Waals surface area contributed by atoms with E-state index in [1.54, 1.807) is 0 Å². The van der Waals surface area contributed by atoms with E-state index in [1.165, 1.54) is 7.05 Å². The van der Waals surface area contributed by atoms with E-state index in [1.807, 2.05) is 0 Å². The van der Waals surface area contributed by atoms with Gasteiger partial charge in [0.1, 0.15) is 6.04 Å². The van der Waals surface area contributed by atoms with Gasteiger partial charge in [0, 0.05) is 13.6 Å². The molecule has 0 radical (unpaired) electrons. The lowest BCUT2D eigenvalue weighted by molar-refractivity contribution is -0.143. The molecule has 6 heteroatoms. The fourth-order valence-corrected chi connectivity index (χ4v) is 0.497. The Balaban J connectivity index is 3.45. The zero-order chi connectivity index (χ0) is 8.85. The minimum Gasteiger partial charge on any atom is -0.480 e.